The Morgan fingerprint density at radius 2 is 1.59 bits per heavy atom. The molecule has 4 heteroatoms. The van der Waals surface area contributed by atoms with E-state index in [0.717, 1.165) is 17.5 Å². The van der Waals surface area contributed by atoms with E-state index in [1.54, 1.807) is 6.07 Å². The summed E-state index contributed by atoms with van der Waals surface area (Å²) in [4.78, 5) is 0. The van der Waals surface area contributed by atoms with Crippen molar-refractivity contribution in [1.29, 1.82) is 5.26 Å². The van der Waals surface area contributed by atoms with Crippen molar-refractivity contribution in [3.63, 3.8) is 0 Å². The Kier molecular flexibility index (Phi) is 5.32. The second kappa shape index (κ2) is 7.91. The molecular weight excluding hydrogens is 371 g/mol. The molecule has 4 rings (SSSR count). The number of hydrogen-bond acceptors (Lipinski definition) is 1. The largest absolute Gasteiger partial charge is 0.206 e. The van der Waals surface area contributed by atoms with Crippen LogP contribution in [0, 0.1) is 34.7 Å². The Labute approximate surface area is 168 Å². The van der Waals surface area contributed by atoms with E-state index < -0.39 is 23.0 Å². The number of halogens is 3. The molecule has 0 radical (unpaired) electrons. The summed E-state index contributed by atoms with van der Waals surface area (Å²) in [6.45, 7) is 2.25. The highest BCUT2D eigenvalue weighted by molar-refractivity contribution is 5.89. The second-order valence-corrected chi connectivity index (χ2v) is 7.96. The van der Waals surface area contributed by atoms with Gasteiger partial charge in [-0.15, -0.1) is 0 Å². The van der Waals surface area contributed by atoms with Crippen LogP contribution in [0.4, 0.5) is 13.2 Å². The molecule has 1 saturated carbocycles. The van der Waals surface area contributed by atoms with Gasteiger partial charge in [0.2, 0.25) is 0 Å². The van der Waals surface area contributed by atoms with E-state index in [1.807, 2.05) is 12.1 Å². The molecule has 0 aromatic heterocycles. The summed E-state index contributed by atoms with van der Waals surface area (Å²) < 4.78 is 42.9. The average molecular weight is 393 g/mol. The third kappa shape index (κ3) is 3.62. The molecule has 0 aliphatic heterocycles. The third-order valence-corrected chi connectivity index (χ3v) is 6.33. The van der Waals surface area contributed by atoms with Crippen molar-refractivity contribution in [3.8, 4) is 17.2 Å². The van der Waals surface area contributed by atoms with Crippen molar-refractivity contribution >= 4 is 10.8 Å². The molecule has 0 N–H and O–H groups in total. The topological polar surface area (TPSA) is 23.8 Å². The highest BCUT2D eigenvalue weighted by Crippen LogP contribution is 2.38. The molecule has 3 aromatic rings. The third-order valence-electron chi connectivity index (χ3n) is 6.33. The molecule has 29 heavy (non-hydrogen) atoms. The number of hydrogen-bond donors (Lipinski definition) is 0. The quantitative estimate of drug-likeness (QED) is 0.452. The molecule has 0 heterocycles. The molecule has 1 aliphatic rings. The molecule has 1 aliphatic carbocycles. The zero-order valence-corrected chi connectivity index (χ0v) is 16.3. The number of nitrogens with zero attached hydrogens (tertiary/aromatic N) is 1. The molecule has 1 nitrogen and oxygen atoms in total. The van der Waals surface area contributed by atoms with E-state index in [-0.39, 0.29) is 10.8 Å². The summed E-state index contributed by atoms with van der Waals surface area (Å²) in [5.74, 6) is -1.52. The van der Waals surface area contributed by atoms with Crippen molar-refractivity contribution in [2.75, 3.05) is 0 Å². The zero-order valence-electron chi connectivity index (χ0n) is 16.3. The lowest BCUT2D eigenvalue weighted by Crippen LogP contribution is -2.12. The van der Waals surface area contributed by atoms with Crippen molar-refractivity contribution in [1.82, 2.24) is 0 Å². The van der Waals surface area contributed by atoms with Gasteiger partial charge in [0.1, 0.15) is 23.3 Å². The number of rotatable bonds is 3. The van der Waals surface area contributed by atoms with E-state index in [9.17, 15) is 13.2 Å². The Morgan fingerprint density at radius 1 is 0.897 bits per heavy atom. The lowest BCUT2D eigenvalue weighted by atomic mass is 9.77. The van der Waals surface area contributed by atoms with Crippen LogP contribution in [0.2, 0.25) is 0 Å². The van der Waals surface area contributed by atoms with Crippen molar-refractivity contribution in [3.05, 3.63) is 71.0 Å². The van der Waals surface area contributed by atoms with E-state index >= 15 is 0 Å². The predicted molar refractivity (Wildman–Crippen MR) is 109 cm³/mol. The monoisotopic (exact) mass is 393 g/mol. The van der Waals surface area contributed by atoms with Gasteiger partial charge in [-0.25, -0.2) is 13.2 Å². The molecule has 148 valence electrons. The lowest BCUT2D eigenvalue weighted by Gasteiger charge is -2.28. The fourth-order valence-corrected chi connectivity index (χ4v) is 4.53. The van der Waals surface area contributed by atoms with Crippen LogP contribution in [-0.2, 0) is 0 Å². The van der Waals surface area contributed by atoms with E-state index in [1.165, 1.54) is 49.8 Å². The maximum Gasteiger partial charge on any atom is 0.154 e. The van der Waals surface area contributed by atoms with Gasteiger partial charge in [-0.2, -0.15) is 5.26 Å². The summed E-state index contributed by atoms with van der Waals surface area (Å²) in [6, 6.07) is 13.3. The fourth-order valence-electron chi connectivity index (χ4n) is 4.53. The summed E-state index contributed by atoms with van der Waals surface area (Å²) in [6.07, 6.45) is 6.17. The molecule has 0 amide bonds. The van der Waals surface area contributed by atoms with Gasteiger partial charge in [0.15, 0.2) is 5.82 Å². The molecule has 0 spiro atoms. The van der Waals surface area contributed by atoms with Crippen LogP contribution in [0.15, 0.2) is 42.5 Å². The van der Waals surface area contributed by atoms with E-state index in [0.29, 0.717) is 11.5 Å². The summed E-state index contributed by atoms with van der Waals surface area (Å²) in [7, 11) is 0. The van der Waals surface area contributed by atoms with E-state index in [2.05, 4.69) is 19.1 Å². The van der Waals surface area contributed by atoms with Gasteiger partial charge in [0, 0.05) is 0 Å². The molecule has 0 unspecified atom stereocenters. The standard InChI is InChI=1S/C25H22F3N/c1-2-15-3-5-16(6-4-15)17-7-9-18(10-8-17)19-11-20-13-22(26)21(14-29)25(28)24(20)23(27)12-19/h7-13,15-16H,2-6H2,1H3. The van der Waals surface area contributed by atoms with Crippen LogP contribution in [-0.4, -0.2) is 0 Å². The Balaban J connectivity index is 1.66. The van der Waals surface area contributed by atoms with Crippen molar-refractivity contribution < 1.29 is 13.2 Å². The highest BCUT2D eigenvalue weighted by atomic mass is 19.1. The summed E-state index contributed by atoms with van der Waals surface area (Å²) in [5.41, 5.74) is 1.88. The summed E-state index contributed by atoms with van der Waals surface area (Å²) >= 11 is 0. The lowest BCUT2D eigenvalue weighted by molar-refractivity contribution is 0.319. The van der Waals surface area contributed by atoms with Gasteiger partial charge in [0.25, 0.3) is 0 Å². The highest BCUT2D eigenvalue weighted by Gasteiger charge is 2.21. The maximum atomic E-state index is 14.6. The fraction of sp³-hybridized carbons (Fsp3) is 0.320. The summed E-state index contributed by atoms with van der Waals surface area (Å²) in [5, 5.41) is 8.65. The zero-order chi connectivity index (χ0) is 20.5. The minimum absolute atomic E-state index is 0.107. The smallest absolute Gasteiger partial charge is 0.154 e. The van der Waals surface area contributed by atoms with Gasteiger partial charge in [-0.1, -0.05) is 37.6 Å². The molecular formula is C25H22F3N. The average Bonchev–Trinajstić information content (AvgIpc) is 2.73. The normalized spacial score (nSPS) is 19.3. The van der Waals surface area contributed by atoms with Crippen LogP contribution < -0.4 is 0 Å². The first kappa shape index (κ1) is 19.5. The molecule has 0 atom stereocenters. The van der Waals surface area contributed by atoms with Gasteiger partial charge in [-0.3, -0.25) is 0 Å². The van der Waals surface area contributed by atoms with Gasteiger partial charge in [0.05, 0.1) is 5.39 Å². The number of benzene rings is 3. The van der Waals surface area contributed by atoms with Crippen LogP contribution in [0.25, 0.3) is 21.9 Å². The second-order valence-electron chi connectivity index (χ2n) is 7.96. The SMILES string of the molecule is CCC1CCC(c2ccc(-c3cc(F)c4c(F)c(C#N)c(F)cc4c3)cc2)CC1. The van der Waals surface area contributed by atoms with Gasteiger partial charge < -0.3 is 0 Å². The molecule has 0 saturated heterocycles. The molecule has 0 bridgehead atoms. The van der Waals surface area contributed by atoms with Gasteiger partial charge in [-0.05, 0) is 77.8 Å². The first-order valence-electron chi connectivity index (χ1n) is 10.1. The first-order chi connectivity index (χ1) is 14.0. The van der Waals surface area contributed by atoms with Crippen molar-refractivity contribution in [2.24, 2.45) is 5.92 Å². The van der Waals surface area contributed by atoms with Crippen LogP contribution in [0.3, 0.4) is 0 Å². The molecule has 1 fully saturated rings. The minimum Gasteiger partial charge on any atom is -0.206 e. The van der Waals surface area contributed by atoms with Crippen molar-refractivity contribution in [2.45, 2.75) is 44.9 Å². The number of nitriles is 1. The Morgan fingerprint density at radius 3 is 2.21 bits per heavy atom. The minimum atomic E-state index is -1.15. The van der Waals surface area contributed by atoms with Crippen LogP contribution in [0.5, 0.6) is 0 Å². The first-order valence-corrected chi connectivity index (χ1v) is 10.1. The number of fused-ring (bicyclic) bond motifs is 1. The Bertz CT molecular complexity index is 1090. The predicted octanol–water partition coefficient (Wildman–Crippen LogP) is 7.48. The molecule has 3 aromatic carbocycles. The Hall–Kier alpha value is -2.80. The van der Waals surface area contributed by atoms with Gasteiger partial charge >= 0.3 is 0 Å². The van der Waals surface area contributed by atoms with Crippen LogP contribution >= 0.6 is 0 Å². The van der Waals surface area contributed by atoms with Crippen LogP contribution in [0.1, 0.15) is 56.1 Å². The van der Waals surface area contributed by atoms with E-state index in [4.69, 9.17) is 5.26 Å². The maximum absolute atomic E-state index is 14.6.